The van der Waals surface area contributed by atoms with Crippen molar-refractivity contribution < 1.29 is 13.5 Å². The summed E-state index contributed by atoms with van der Waals surface area (Å²) in [7, 11) is -3.86. The average molecular weight is 432 g/mol. The number of hydrogen-bond acceptors (Lipinski definition) is 8. The van der Waals surface area contributed by atoms with Crippen LogP contribution in [0.3, 0.4) is 0 Å². The second kappa shape index (κ2) is 7.66. The van der Waals surface area contributed by atoms with Crippen LogP contribution in [0.15, 0.2) is 56.9 Å². The molecule has 1 fully saturated rings. The van der Waals surface area contributed by atoms with Crippen LogP contribution < -0.4 is 27.3 Å². The largest absolute Gasteiger partial charge is 0.506 e. The lowest BCUT2D eigenvalue weighted by Gasteiger charge is -2.16. The highest BCUT2D eigenvalue weighted by molar-refractivity contribution is 7.89. The van der Waals surface area contributed by atoms with E-state index in [1.165, 1.54) is 24.3 Å². The molecule has 1 saturated heterocycles. The second-order valence-electron chi connectivity index (χ2n) is 7.03. The van der Waals surface area contributed by atoms with Crippen LogP contribution in [-0.4, -0.2) is 40.7 Å². The zero-order chi connectivity index (χ0) is 21.5. The van der Waals surface area contributed by atoms with Gasteiger partial charge in [-0.2, -0.15) is 5.53 Å². The number of sulfonamides is 1. The lowest BCUT2D eigenvalue weighted by Crippen LogP contribution is -2.43. The van der Waals surface area contributed by atoms with Gasteiger partial charge in [0.05, 0.1) is 21.8 Å². The number of aromatic amines is 1. The Morgan fingerprint density at radius 2 is 1.90 bits per heavy atom. The molecule has 3 aromatic rings. The Morgan fingerprint density at radius 3 is 2.67 bits per heavy atom. The first-order valence-corrected chi connectivity index (χ1v) is 10.6. The van der Waals surface area contributed by atoms with Gasteiger partial charge in [0.25, 0.3) is 5.56 Å². The molecule has 6 N–H and O–H groups in total. The van der Waals surface area contributed by atoms with E-state index in [9.17, 15) is 23.1 Å². The van der Waals surface area contributed by atoms with E-state index >= 15 is 0 Å². The van der Waals surface area contributed by atoms with Crippen LogP contribution in [0.25, 0.3) is 10.9 Å². The van der Waals surface area contributed by atoms with Gasteiger partial charge in [0.2, 0.25) is 10.0 Å². The summed E-state index contributed by atoms with van der Waals surface area (Å²) in [6, 6.07) is 10.6. The van der Waals surface area contributed by atoms with Gasteiger partial charge in [-0.3, -0.25) is 9.36 Å². The molecular weight excluding hydrogens is 412 g/mol. The van der Waals surface area contributed by atoms with E-state index < -0.39 is 21.3 Å². The van der Waals surface area contributed by atoms with Gasteiger partial charge in [0, 0.05) is 19.6 Å². The summed E-state index contributed by atoms with van der Waals surface area (Å²) in [6.07, 6.45) is 0. The van der Waals surface area contributed by atoms with E-state index in [0.717, 1.165) is 4.57 Å². The van der Waals surface area contributed by atoms with Crippen molar-refractivity contribution in [2.75, 3.05) is 6.54 Å². The molecule has 1 aromatic heterocycles. The molecule has 0 spiro atoms. The number of phenolic OH excluding ortho intramolecular Hbond substituents is 1. The Labute approximate surface area is 170 Å². The first-order chi connectivity index (χ1) is 14.2. The molecule has 30 heavy (non-hydrogen) atoms. The normalized spacial score (nSPS) is 17.6. The minimum absolute atomic E-state index is 0.0391. The van der Waals surface area contributed by atoms with E-state index in [4.69, 9.17) is 5.14 Å². The molecule has 2 aromatic carbocycles. The van der Waals surface area contributed by atoms with Crippen LogP contribution >= 0.6 is 0 Å². The molecule has 11 nitrogen and oxygen atoms in total. The summed E-state index contributed by atoms with van der Waals surface area (Å²) in [4.78, 5) is 27.7. The third kappa shape index (κ3) is 3.86. The first-order valence-electron chi connectivity index (χ1n) is 9.05. The van der Waals surface area contributed by atoms with Gasteiger partial charge >= 0.3 is 5.69 Å². The number of para-hydroxylation sites is 1. The fourth-order valence-electron chi connectivity index (χ4n) is 3.51. The number of rotatable bonds is 5. The molecule has 1 atom stereocenters. The van der Waals surface area contributed by atoms with Crippen LogP contribution in [-0.2, 0) is 23.1 Å². The van der Waals surface area contributed by atoms with E-state index in [2.05, 4.69) is 15.9 Å². The Kier molecular flexibility index (Phi) is 5.17. The third-order valence-electron chi connectivity index (χ3n) is 4.91. The van der Waals surface area contributed by atoms with Crippen molar-refractivity contribution in [3.63, 3.8) is 0 Å². The number of aromatic nitrogens is 2. The van der Waals surface area contributed by atoms with Gasteiger partial charge in [-0.1, -0.05) is 24.3 Å². The number of benzene rings is 2. The highest BCUT2D eigenvalue weighted by Crippen LogP contribution is 2.18. The number of phenols is 1. The highest BCUT2D eigenvalue weighted by atomic mass is 32.2. The predicted molar refractivity (Wildman–Crippen MR) is 109 cm³/mol. The summed E-state index contributed by atoms with van der Waals surface area (Å²) in [6.45, 7) is 0.704. The Bertz CT molecular complexity index is 1330. The molecule has 0 amide bonds. The quantitative estimate of drug-likeness (QED) is 0.341. The maximum atomic E-state index is 12.7. The summed E-state index contributed by atoms with van der Waals surface area (Å²) < 4.78 is 24.6. The molecule has 0 bridgehead atoms. The monoisotopic (exact) mass is 432 g/mol. The zero-order valence-electron chi connectivity index (χ0n) is 15.7. The highest BCUT2D eigenvalue weighted by Gasteiger charge is 2.25. The maximum Gasteiger partial charge on any atom is 0.328 e. The van der Waals surface area contributed by atoms with E-state index in [0.29, 0.717) is 12.1 Å². The molecule has 158 valence electrons. The number of aromatic hydroxyl groups is 1. The molecule has 1 unspecified atom stereocenters. The number of H-pyrrole nitrogens is 1. The first kappa shape index (κ1) is 20.3. The van der Waals surface area contributed by atoms with Crippen molar-refractivity contribution in [3.05, 3.63) is 68.9 Å². The molecule has 0 aliphatic carbocycles. The van der Waals surface area contributed by atoms with Crippen LogP contribution in [0.5, 0.6) is 5.75 Å². The summed E-state index contributed by atoms with van der Waals surface area (Å²) >= 11 is 0. The molecule has 1 aliphatic heterocycles. The molecular formula is C18H20N6O5S. The van der Waals surface area contributed by atoms with Crippen LogP contribution in [0, 0.1) is 0 Å². The Balaban J connectivity index is 1.53. The molecule has 0 radical (unpaired) electrons. The SMILES string of the molecule is NS(=O)(=O)c1ccccc1CN1CC(Cn2c(=O)[nH]c3c(O)cccc3c2=O)NN1. The fourth-order valence-corrected chi connectivity index (χ4v) is 4.28. The third-order valence-corrected chi connectivity index (χ3v) is 5.92. The van der Waals surface area contributed by atoms with Crippen molar-refractivity contribution in [1.29, 1.82) is 0 Å². The van der Waals surface area contributed by atoms with E-state index in [-0.39, 0.29) is 40.7 Å². The Morgan fingerprint density at radius 1 is 1.13 bits per heavy atom. The number of primary sulfonamides is 1. The number of hydrazine groups is 2. The van der Waals surface area contributed by atoms with E-state index in [1.54, 1.807) is 23.2 Å². The van der Waals surface area contributed by atoms with Crippen LogP contribution in [0.2, 0.25) is 0 Å². The van der Waals surface area contributed by atoms with Crippen molar-refractivity contribution in [2.24, 2.45) is 5.14 Å². The lowest BCUT2D eigenvalue weighted by molar-refractivity contribution is 0.222. The van der Waals surface area contributed by atoms with Gasteiger partial charge < -0.3 is 10.1 Å². The van der Waals surface area contributed by atoms with E-state index in [1.807, 2.05) is 0 Å². The van der Waals surface area contributed by atoms with Gasteiger partial charge in [0.15, 0.2) is 0 Å². The number of nitrogens with one attached hydrogen (secondary N) is 3. The van der Waals surface area contributed by atoms with Gasteiger partial charge in [-0.25, -0.2) is 28.8 Å². The molecule has 1 aliphatic rings. The minimum atomic E-state index is -3.86. The standard InChI is InChI=1S/C18H20N6O5S/c19-30(28,29)15-7-2-1-4-11(15)8-23-9-12(21-22-23)10-24-17(26)13-5-3-6-14(25)16(13)20-18(24)27/h1-7,12,21-22,25H,8-10H2,(H,20,27)(H2,19,28,29). The van der Waals surface area contributed by atoms with Crippen molar-refractivity contribution >= 4 is 20.9 Å². The number of fused-ring (bicyclic) bond motifs is 1. The zero-order valence-corrected chi connectivity index (χ0v) is 16.5. The molecule has 4 rings (SSSR count). The van der Waals surface area contributed by atoms with Gasteiger partial charge in [-0.05, 0) is 23.8 Å². The minimum Gasteiger partial charge on any atom is -0.506 e. The lowest BCUT2D eigenvalue weighted by atomic mass is 10.2. The number of nitrogens with zero attached hydrogens (tertiary/aromatic N) is 2. The van der Waals surface area contributed by atoms with Crippen LogP contribution in [0.4, 0.5) is 0 Å². The molecule has 12 heteroatoms. The van der Waals surface area contributed by atoms with Crippen molar-refractivity contribution in [1.82, 2.24) is 25.5 Å². The molecule has 2 heterocycles. The number of hydrogen-bond donors (Lipinski definition) is 5. The summed E-state index contributed by atoms with van der Waals surface area (Å²) in [5, 5.41) is 17.1. The van der Waals surface area contributed by atoms with Gasteiger partial charge in [0.1, 0.15) is 5.75 Å². The topological polar surface area (TPSA) is 163 Å². The number of nitrogens with two attached hydrogens (primary N) is 1. The van der Waals surface area contributed by atoms with Crippen LogP contribution in [0.1, 0.15) is 5.56 Å². The second-order valence-corrected chi connectivity index (χ2v) is 8.56. The van der Waals surface area contributed by atoms with Gasteiger partial charge in [-0.15, -0.1) is 0 Å². The smallest absolute Gasteiger partial charge is 0.328 e. The van der Waals surface area contributed by atoms with Crippen molar-refractivity contribution in [3.8, 4) is 5.75 Å². The molecule has 0 saturated carbocycles. The van der Waals surface area contributed by atoms with Crippen molar-refractivity contribution in [2.45, 2.75) is 24.0 Å². The predicted octanol–water partition coefficient (Wildman–Crippen LogP) is -1.06. The summed E-state index contributed by atoms with van der Waals surface area (Å²) in [5.74, 6) is -0.172. The Hall–Kier alpha value is -3.03. The summed E-state index contributed by atoms with van der Waals surface area (Å²) in [5.41, 5.74) is 5.38. The average Bonchev–Trinajstić information content (AvgIpc) is 3.13. The maximum absolute atomic E-state index is 12.7. The fraction of sp³-hybridized carbons (Fsp3) is 0.222.